The second-order valence-corrected chi connectivity index (χ2v) is 8.94. The number of nitrogens with zero attached hydrogens (tertiary/aromatic N) is 3. The van der Waals surface area contributed by atoms with Crippen molar-refractivity contribution in [3.8, 4) is 0 Å². The number of aryl methyl sites for hydroxylation is 2. The molecule has 1 amide bonds. The molecule has 0 saturated carbocycles. The van der Waals surface area contributed by atoms with E-state index in [1.807, 2.05) is 55.6 Å². The van der Waals surface area contributed by atoms with E-state index in [1.165, 1.54) is 17.0 Å². The molecule has 0 spiro atoms. The Hall–Kier alpha value is -3.19. The predicted molar refractivity (Wildman–Crippen MR) is 136 cm³/mol. The van der Waals surface area contributed by atoms with Gasteiger partial charge in [0, 0.05) is 42.8 Å². The van der Waals surface area contributed by atoms with Crippen molar-refractivity contribution in [1.29, 1.82) is 0 Å². The van der Waals surface area contributed by atoms with Crippen molar-refractivity contribution in [1.82, 2.24) is 19.8 Å². The lowest BCUT2D eigenvalue weighted by atomic mass is 9.96. The van der Waals surface area contributed by atoms with Crippen molar-refractivity contribution in [2.24, 2.45) is 0 Å². The molecule has 1 aliphatic heterocycles. The van der Waals surface area contributed by atoms with Crippen molar-refractivity contribution in [3.63, 3.8) is 0 Å². The van der Waals surface area contributed by atoms with Gasteiger partial charge in [-0.15, -0.1) is 0 Å². The zero-order chi connectivity index (χ0) is 23.5. The van der Waals surface area contributed by atoms with E-state index in [0.29, 0.717) is 18.1 Å². The van der Waals surface area contributed by atoms with Gasteiger partial charge in [-0.25, -0.2) is 0 Å². The lowest BCUT2D eigenvalue weighted by Crippen LogP contribution is -2.32. The number of aromatic nitrogens is 2. The van der Waals surface area contributed by atoms with Gasteiger partial charge in [0.15, 0.2) is 5.11 Å². The summed E-state index contributed by atoms with van der Waals surface area (Å²) in [4.78, 5) is 19.5. The molecule has 1 fully saturated rings. The Balaban J connectivity index is 1.59. The zero-order valence-electron chi connectivity index (χ0n) is 19.6. The number of pyridine rings is 1. The van der Waals surface area contributed by atoms with Crippen LogP contribution in [0.2, 0.25) is 0 Å². The van der Waals surface area contributed by atoms with Gasteiger partial charge in [0.25, 0.3) is 0 Å². The van der Waals surface area contributed by atoms with E-state index in [1.54, 1.807) is 0 Å². The molecular weight excluding hydrogens is 430 g/mol. The van der Waals surface area contributed by atoms with Crippen molar-refractivity contribution in [2.75, 3.05) is 11.9 Å². The summed E-state index contributed by atoms with van der Waals surface area (Å²) in [7, 11) is 0. The molecule has 1 aromatic carbocycles. The van der Waals surface area contributed by atoms with E-state index in [9.17, 15) is 4.79 Å². The van der Waals surface area contributed by atoms with Crippen LogP contribution in [0, 0.1) is 20.8 Å². The summed E-state index contributed by atoms with van der Waals surface area (Å²) in [6, 6.07) is 15.9. The average molecular weight is 462 g/mol. The Morgan fingerprint density at radius 1 is 1.15 bits per heavy atom. The summed E-state index contributed by atoms with van der Waals surface area (Å²) in [5, 5.41) is 7.12. The zero-order valence-corrected chi connectivity index (χ0v) is 20.4. The minimum absolute atomic E-state index is 0.0271. The van der Waals surface area contributed by atoms with E-state index < -0.39 is 0 Å². The maximum Gasteiger partial charge on any atom is 0.226 e. The molecule has 1 aliphatic rings. The number of rotatable bonds is 7. The Labute approximate surface area is 201 Å². The topological polar surface area (TPSA) is 62.2 Å². The normalized spacial score (nSPS) is 17.8. The summed E-state index contributed by atoms with van der Waals surface area (Å²) in [6.07, 6.45) is 2.15. The molecule has 4 rings (SSSR count). The smallest absolute Gasteiger partial charge is 0.226 e. The first-order chi connectivity index (χ1) is 15.9. The quantitative estimate of drug-likeness (QED) is 0.494. The summed E-state index contributed by atoms with van der Waals surface area (Å²) in [5.74, 6) is -0.0271. The second-order valence-electron chi connectivity index (χ2n) is 8.55. The van der Waals surface area contributed by atoms with E-state index >= 15 is 0 Å². The Morgan fingerprint density at radius 2 is 1.91 bits per heavy atom. The summed E-state index contributed by atoms with van der Waals surface area (Å²) in [5.41, 5.74) is 6.58. The molecular formula is C26H31N5OS. The SMILES string of the molecule is CCn1c(C)cc([C@@H]2[C@H](c3ccccn3)NC(=S)N2CCC(=O)Nc2ccc(C)cc2)c1C. The number of hydrogen-bond acceptors (Lipinski definition) is 3. The standard InChI is InChI=1S/C26H31N5OS/c1-5-30-18(3)16-21(19(30)4)25-24(22-8-6-7-14-27-22)29-26(33)31(25)15-13-23(32)28-20-11-9-17(2)10-12-20/h6-12,14,16,24-25H,5,13,15H2,1-4H3,(H,28,32)(H,29,33)/t24-,25+/m0/s1. The fraction of sp³-hybridized carbons (Fsp3) is 0.346. The highest BCUT2D eigenvalue weighted by molar-refractivity contribution is 7.80. The van der Waals surface area contributed by atoms with Crippen LogP contribution >= 0.6 is 12.2 Å². The van der Waals surface area contributed by atoms with Crippen LogP contribution < -0.4 is 10.6 Å². The molecule has 7 heteroatoms. The number of carbonyl (C=O) groups is 1. The predicted octanol–water partition coefficient (Wildman–Crippen LogP) is 4.83. The van der Waals surface area contributed by atoms with Gasteiger partial charge in [0.1, 0.15) is 0 Å². The lowest BCUT2D eigenvalue weighted by Gasteiger charge is -2.28. The highest BCUT2D eigenvalue weighted by Gasteiger charge is 2.41. The van der Waals surface area contributed by atoms with Crippen molar-refractivity contribution < 1.29 is 4.79 Å². The highest BCUT2D eigenvalue weighted by Crippen LogP contribution is 2.40. The van der Waals surface area contributed by atoms with Gasteiger partial charge in [-0.1, -0.05) is 23.8 Å². The molecule has 33 heavy (non-hydrogen) atoms. The Kier molecular flexibility index (Phi) is 6.79. The van der Waals surface area contributed by atoms with Crippen LogP contribution in [0.4, 0.5) is 5.69 Å². The minimum Gasteiger partial charge on any atom is -0.352 e. The molecule has 0 aliphatic carbocycles. The lowest BCUT2D eigenvalue weighted by molar-refractivity contribution is -0.116. The summed E-state index contributed by atoms with van der Waals surface area (Å²) < 4.78 is 2.31. The van der Waals surface area contributed by atoms with Crippen LogP contribution in [0.1, 0.15) is 53.6 Å². The van der Waals surface area contributed by atoms with Crippen molar-refractivity contribution in [3.05, 3.63) is 82.9 Å². The third kappa shape index (κ3) is 4.78. The molecule has 2 atom stereocenters. The fourth-order valence-electron chi connectivity index (χ4n) is 4.68. The molecule has 2 aromatic heterocycles. The van der Waals surface area contributed by atoms with Gasteiger partial charge < -0.3 is 20.1 Å². The molecule has 6 nitrogen and oxygen atoms in total. The van der Waals surface area contributed by atoms with E-state index in [4.69, 9.17) is 12.2 Å². The molecule has 3 heterocycles. The van der Waals surface area contributed by atoms with Gasteiger partial charge in [-0.2, -0.15) is 0 Å². The first-order valence-corrected chi connectivity index (χ1v) is 11.8. The summed E-state index contributed by atoms with van der Waals surface area (Å²) >= 11 is 5.75. The summed E-state index contributed by atoms with van der Waals surface area (Å²) in [6.45, 7) is 9.91. The highest BCUT2D eigenvalue weighted by atomic mass is 32.1. The van der Waals surface area contributed by atoms with E-state index in [0.717, 1.165) is 23.5 Å². The first kappa shape index (κ1) is 23.0. The van der Waals surface area contributed by atoms with Gasteiger partial charge in [0.05, 0.1) is 17.8 Å². The van der Waals surface area contributed by atoms with E-state index in [2.05, 4.69) is 51.9 Å². The van der Waals surface area contributed by atoms with Crippen LogP contribution in [0.5, 0.6) is 0 Å². The molecule has 172 valence electrons. The van der Waals surface area contributed by atoms with Crippen LogP contribution in [0.3, 0.4) is 0 Å². The number of nitrogens with one attached hydrogen (secondary N) is 2. The largest absolute Gasteiger partial charge is 0.352 e. The van der Waals surface area contributed by atoms with Gasteiger partial charge >= 0.3 is 0 Å². The Morgan fingerprint density at radius 3 is 2.55 bits per heavy atom. The van der Waals surface area contributed by atoms with Crippen LogP contribution in [-0.4, -0.2) is 32.0 Å². The third-order valence-electron chi connectivity index (χ3n) is 6.36. The maximum atomic E-state index is 12.7. The maximum absolute atomic E-state index is 12.7. The Bertz CT molecular complexity index is 1140. The van der Waals surface area contributed by atoms with Crippen LogP contribution in [0.25, 0.3) is 0 Å². The van der Waals surface area contributed by atoms with Gasteiger partial charge in [0.2, 0.25) is 5.91 Å². The van der Waals surface area contributed by atoms with Gasteiger partial charge in [-0.05, 0) is 75.8 Å². The average Bonchev–Trinajstić information content (AvgIpc) is 3.29. The van der Waals surface area contributed by atoms with Crippen molar-refractivity contribution in [2.45, 2.75) is 52.7 Å². The van der Waals surface area contributed by atoms with E-state index in [-0.39, 0.29) is 18.0 Å². The number of anilines is 1. The minimum atomic E-state index is -0.0790. The van der Waals surface area contributed by atoms with Gasteiger partial charge in [-0.3, -0.25) is 9.78 Å². The first-order valence-electron chi connectivity index (χ1n) is 11.4. The molecule has 0 radical (unpaired) electrons. The third-order valence-corrected chi connectivity index (χ3v) is 6.71. The molecule has 0 unspecified atom stereocenters. The number of carbonyl (C=O) groups excluding carboxylic acids is 1. The number of benzene rings is 1. The number of amides is 1. The molecule has 2 N–H and O–H groups in total. The molecule has 3 aromatic rings. The fourth-order valence-corrected chi connectivity index (χ4v) is 5.01. The van der Waals surface area contributed by atoms with Crippen LogP contribution in [0.15, 0.2) is 54.7 Å². The molecule has 1 saturated heterocycles. The number of thiocarbonyl (C=S) groups is 1. The van der Waals surface area contributed by atoms with Crippen LogP contribution in [-0.2, 0) is 11.3 Å². The second kappa shape index (κ2) is 9.75. The number of hydrogen-bond donors (Lipinski definition) is 2. The molecule has 0 bridgehead atoms. The van der Waals surface area contributed by atoms with Crippen molar-refractivity contribution >= 4 is 28.9 Å². The monoisotopic (exact) mass is 461 g/mol.